The van der Waals surface area contributed by atoms with Crippen LogP contribution in [0, 0.1) is 23.1 Å². The van der Waals surface area contributed by atoms with Crippen molar-refractivity contribution in [2.45, 2.75) is 75.6 Å². The second-order valence-corrected chi connectivity index (χ2v) is 17.8. The number of pyridine rings is 1. The van der Waals surface area contributed by atoms with Crippen molar-refractivity contribution in [3.05, 3.63) is 54.2 Å². The molecule has 12 heteroatoms. The summed E-state index contributed by atoms with van der Waals surface area (Å²) < 4.78 is 45.2. The van der Waals surface area contributed by atoms with Crippen LogP contribution in [0.3, 0.4) is 0 Å². The van der Waals surface area contributed by atoms with Crippen LogP contribution in [0.5, 0.6) is 11.6 Å². The zero-order valence-electron chi connectivity index (χ0n) is 28.1. The third-order valence-corrected chi connectivity index (χ3v) is 13.3. The Morgan fingerprint density at radius 2 is 1.85 bits per heavy atom. The number of sulfone groups is 1. The fourth-order valence-corrected chi connectivity index (χ4v) is 10.1. The van der Waals surface area contributed by atoms with E-state index in [1.165, 1.54) is 24.7 Å². The number of rotatable bonds is 10. The van der Waals surface area contributed by atoms with Gasteiger partial charge in [0.1, 0.15) is 17.9 Å². The summed E-state index contributed by atoms with van der Waals surface area (Å²) in [5.41, 5.74) is 2.68. The molecule has 1 spiro atoms. The highest BCUT2D eigenvalue weighted by molar-refractivity contribution is 7.91. The Morgan fingerprint density at radius 1 is 1.04 bits per heavy atom. The lowest BCUT2D eigenvalue weighted by atomic mass is 9.68. The van der Waals surface area contributed by atoms with Gasteiger partial charge < -0.3 is 9.64 Å². The first-order valence-corrected chi connectivity index (χ1v) is 19.5. The average Bonchev–Trinajstić information content (AvgIpc) is 3.57. The van der Waals surface area contributed by atoms with Crippen molar-refractivity contribution in [2.75, 3.05) is 50.4 Å². The number of nitrogens with zero attached hydrogens (tertiary/aromatic N) is 7. The van der Waals surface area contributed by atoms with Gasteiger partial charge in [-0.25, -0.2) is 17.8 Å². The molecule has 3 saturated heterocycles. The smallest absolute Gasteiger partial charge is 0.282 e. The lowest BCUT2D eigenvalue weighted by molar-refractivity contribution is -0.0782. The maximum absolute atomic E-state index is 14.6. The van der Waals surface area contributed by atoms with Crippen LogP contribution in [0.4, 0.5) is 10.2 Å². The van der Waals surface area contributed by atoms with Crippen molar-refractivity contribution in [1.29, 1.82) is 0 Å². The van der Waals surface area contributed by atoms with Crippen molar-refractivity contribution in [1.82, 2.24) is 30.0 Å². The zero-order valence-corrected chi connectivity index (χ0v) is 28.9. The van der Waals surface area contributed by atoms with E-state index >= 15 is 0 Å². The van der Waals surface area contributed by atoms with E-state index in [0.29, 0.717) is 59.4 Å². The molecule has 0 N–H and O–H groups in total. The van der Waals surface area contributed by atoms with Gasteiger partial charge in [-0.1, -0.05) is 19.9 Å². The molecule has 5 heterocycles. The summed E-state index contributed by atoms with van der Waals surface area (Å²) in [4.78, 5) is 16.7. The van der Waals surface area contributed by atoms with Crippen molar-refractivity contribution >= 4 is 15.7 Å². The molecular weight excluding hydrogens is 630 g/mol. The molecule has 2 atom stereocenters. The Bertz CT molecular complexity index is 1770. The van der Waals surface area contributed by atoms with Crippen LogP contribution in [0.2, 0.25) is 0 Å². The summed E-state index contributed by atoms with van der Waals surface area (Å²) in [5, 5.41) is 8.22. The van der Waals surface area contributed by atoms with Gasteiger partial charge in [0, 0.05) is 68.2 Å². The minimum Gasteiger partial charge on any atom is -0.434 e. The molecule has 0 amide bonds. The molecule has 5 fully saturated rings. The zero-order chi connectivity index (χ0) is 33.2. The summed E-state index contributed by atoms with van der Waals surface area (Å²) in [6.45, 7) is 10.2. The van der Waals surface area contributed by atoms with Gasteiger partial charge in [-0.15, -0.1) is 10.2 Å². The fourth-order valence-electron chi connectivity index (χ4n) is 9.09. The van der Waals surface area contributed by atoms with Crippen LogP contribution in [-0.2, 0) is 9.84 Å². The molecular formula is C36H46FN7O3S. The van der Waals surface area contributed by atoms with Gasteiger partial charge in [-0.2, -0.15) is 0 Å². The molecule has 0 unspecified atom stereocenters. The summed E-state index contributed by atoms with van der Waals surface area (Å²) >= 11 is 0. The third-order valence-electron chi connectivity index (χ3n) is 11.7. The lowest BCUT2D eigenvalue weighted by Crippen LogP contribution is -2.65. The van der Waals surface area contributed by atoms with Gasteiger partial charge in [0.05, 0.1) is 10.9 Å². The highest BCUT2D eigenvalue weighted by Gasteiger charge is 2.53. The number of hydrogen-bond acceptors (Lipinski definition) is 10. The molecule has 0 radical (unpaired) electrons. The molecule has 0 bridgehead atoms. The first-order valence-electron chi connectivity index (χ1n) is 17.6. The number of anilines is 1. The highest BCUT2D eigenvalue weighted by atomic mass is 32.2. The van der Waals surface area contributed by atoms with E-state index in [2.05, 4.69) is 54.8 Å². The van der Waals surface area contributed by atoms with Crippen LogP contribution in [-0.4, -0.2) is 101 Å². The highest BCUT2D eigenvalue weighted by Crippen LogP contribution is 2.49. The Labute approximate surface area is 283 Å². The molecule has 8 rings (SSSR count). The number of halogens is 1. The maximum atomic E-state index is 14.6. The number of ether oxygens (including phenoxy) is 1. The number of benzene rings is 1. The van der Waals surface area contributed by atoms with Crippen LogP contribution in [0.1, 0.15) is 63.9 Å². The predicted molar refractivity (Wildman–Crippen MR) is 182 cm³/mol. The molecule has 1 aromatic carbocycles. The molecule has 2 aromatic heterocycles. The maximum Gasteiger partial charge on any atom is 0.282 e. The second kappa shape index (κ2) is 12.3. The van der Waals surface area contributed by atoms with Crippen LogP contribution in [0.15, 0.2) is 42.9 Å². The molecule has 256 valence electrons. The standard InChI is InChI=1S/C36H46FN7O3S/c1-23(2)33(25-15-27(16-25)42-13-10-28(18-42)48(3,45)46)44-20-36(21-44)11-14-43(19-36)34-35(41-40-22-39-34)47-31-9-8-26(37)17-30(31)32-29(24-6-7-24)5-4-12-38-32/h4-5,8-9,12,17,22-25,27-28,33H,6-7,10-11,13-16,18-21H2,1-3H3/t25?,27?,28-,33-/m0/s1. The van der Waals surface area contributed by atoms with E-state index in [1.54, 1.807) is 12.3 Å². The van der Waals surface area contributed by atoms with Gasteiger partial charge in [0.15, 0.2) is 15.7 Å². The van der Waals surface area contributed by atoms with Crippen molar-refractivity contribution in [3.63, 3.8) is 0 Å². The van der Waals surface area contributed by atoms with E-state index in [1.807, 2.05) is 6.07 Å². The summed E-state index contributed by atoms with van der Waals surface area (Å²) in [5.74, 6) is 2.79. The molecule has 10 nitrogen and oxygen atoms in total. The van der Waals surface area contributed by atoms with Crippen LogP contribution >= 0.6 is 0 Å². The summed E-state index contributed by atoms with van der Waals surface area (Å²) in [7, 11) is -2.97. The van der Waals surface area contributed by atoms with E-state index in [-0.39, 0.29) is 16.5 Å². The third kappa shape index (κ3) is 6.08. The quantitative estimate of drug-likeness (QED) is 0.286. The van der Waals surface area contributed by atoms with Gasteiger partial charge in [0.2, 0.25) is 0 Å². The largest absolute Gasteiger partial charge is 0.434 e. The minimum atomic E-state index is -2.97. The molecule has 2 saturated carbocycles. The van der Waals surface area contributed by atoms with Crippen molar-refractivity contribution in [3.8, 4) is 22.9 Å². The van der Waals surface area contributed by atoms with Crippen LogP contribution in [0.25, 0.3) is 11.3 Å². The first-order chi connectivity index (χ1) is 23.1. The lowest BCUT2D eigenvalue weighted by Gasteiger charge is -2.57. The number of likely N-dealkylation sites (tertiary alicyclic amines) is 2. The SMILES string of the molecule is CC(C)[C@@H](C1CC(N2CC[C@H](S(C)(=O)=O)C2)C1)N1CC2(CCN(c3ncnnc3Oc3ccc(F)cc3-c3ncccc3C3CC3)C2)C1. The molecule has 2 aliphatic carbocycles. The van der Waals surface area contributed by atoms with Crippen molar-refractivity contribution in [2.24, 2.45) is 17.3 Å². The van der Waals surface area contributed by atoms with Crippen molar-refractivity contribution < 1.29 is 17.5 Å². The average molecular weight is 676 g/mol. The Kier molecular flexibility index (Phi) is 8.19. The Morgan fingerprint density at radius 3 is 2.58 bits per heavy atom. The van der Waals surface area contributed by atoms with E-state index in [9.17, 15) is 12.8 Å². The molecule has 5 aliphatic rings. The monoisotopic (exact) mass is 675 g/mol. The second-order valence-electron chi connectivity index (χ2n) is 15.5. The normalized spacial score (nSPS) is 26.5. The van der Waals surface area contributed by atoms with Gasteiger partial charge >= 0.3 is 0 Å². The summed E-state index contributed by atoms with van der Waals surface area (Å²) in [6, 6.07) is 9.61. The molecule has 3 aliphatic heterocycles. The fraction of sp³-hybridized carbons (Fsp3) is 0.611. The first kappa shape index (κ1) is 32.0. The van der Waals surface area contributed by atoms with E-state index in [4.69, 9.17) is 4.74 Å². The minimum absolute atomic E-state index is 0.199. The van der Waals surface area contributed by atoms with E-state index in [0.717, 1.165) is 82.5 Å². The van der Waals surface area contributed by atoms with Crippen LogP contribution < -0.4 is 9.64 Å². The molecule has 3 aromatic rings. The van der Waals surface area contributed by atoms with E-state index < -0.39 is 9.84 Å². The number of hydrogen-bond donors (Lipinski definition) is 0. The predicted octanol–water partition coefficient (Wildman–Crippen LogP) is 5.18. The topological polar surface area (TPSA) is 105 Å². The molecule has 48 heavy (non-hydrogen) atoms. The Balaban J connectivity index is 0.931. The van der Waals surface area contributed by atoms with Gasteiger partial charge in [-0.3, -0.25) is 14.8 Å². The van der Waals surface area contributed by atoms with Gasteiger partial charge in [0.25, 0.3) is 5.88 Å². The Hall–Kier alpha value is -3.22. The number of aromatic nitrogens is 4. The van der Waals surface area contributed by atoms with Gasteiger partial charge in [-0.05, 0) is 92.7 Å². The summed E-state index contributed by atoms with van der Waals surface area (Å²) in [6.07, 6.45) is 11.0.